The first kappa shape index (κ1) is 17.4. The van der Waals surface area contributed by atoms with Crippen LogP contribution in [0.15, 0.2) is 108 Å². The van der Waals surface area contributed by atoms with Crippen LogP contribution in [0.3, 0.4) is 0 Å². The van der Waals surface area contributed by atoms with Gasteiger partial charge in [-0.1, -0.05) is 88.7 Å². The highest BCUT2D eigenvalue weighted by Gasteiger charge is 2.17. The minimum atomic E-state index is 0.952. The molecule has 0 bridgehead atoms. The van der Waals surface area contributed by atoms with Crippen LogP contribution in [0.1, 0.15) is 0 Å². The summed E-state index contributed by atoms with van der Waals surface area (Å²) >= 11 is 3.55. The third-order valence-electron chi connectivity index (χ3n) is 5.66. The van der Waals surface area contributed by atoms with Gasteiger partial charge in [0, 0.05) is 21.1 Å². The number of hydrogen-bond acceptors (Lipinski definition) is 1. The van der Waals surface area contributed by atoms with E-state index in [4.69, 9.17) is 4.98 Å². The van der Waals surface area contributed by atoms with Gasteiger partial charge >= 0.3 is 0 Å². The molecule has 6 aromatic rings. The van der Waals surface area contributed by atoms with Crippen molar-refractivity contribution in [3.05, 3.63) is 108 Å². The van der Waals surface area contributed by atoms with Crippen LogP contribution >= 0.6 is 15.9 Å². The molecule has 0 aliphatic rings. The van der Waals surface area contributed by atoms with E-state index in [1.54, 1.807) is 0 Å². The highest BCUT2D eigenvalue weighted by molar-refractivity contribution is 9.10. The van der Waals surface area contributed by atoms with Gasteiger partial charge in [0.1, 0.15) is 5.82 Å². The van der Waals surface area contributed by atoms with Crippen molar-refractivity contribution in [3.63, 3.8) is 0 Å². The summed E-state index contributed by atoms with van der Waals surface area (Å²) in [6.07, 6.45) is 0. The van der Waals surface area contributed by atoms with Gasteiger partial charge in [-0.15, -0.1) is 0 Å². The van der Waals surface area contributed by atoms with Gasteiger partial charge in [0.05, 0.1) is 11.0 Å². The fourth-order valence-corrected chi connectivity index (χ4v) is 4.53. The average molecular weight is 449 g/mol. The van der Waals surface area contributed by atoms with E-state index < -0.39 is 0 Å². The predicted molar refractivity (Wildman–Crippen MR) is 129 cm³/mol. The van der Waals surface area contributed by atoms with E-state index in [1.807, 2.05) is 6.07 Å². The zero-order chi connectivity index (χ0) is 20.1. The lowest BCUT2D eigenvalue weighted by atomic mass is 10.0. The molecule has 1 aromatic heterocycles. The zero-order valence-corrected chi connectivity index (χ0v) is 17.7. The molecule has 0 N–H and O–H groups in total. The van der Waals surface area contributed by atoms with Crippen LogP contribution in [0.5, 0.6) is 0 Å². The molecule has 3 heteroatoms. The summed E-state index contributed by atoms with van der Waals surface area (Å²) in [5.41, 5.74) is 4.34. The van der Waals surface area contributed by atoms with Crippen molar-refractivity contribution in [2.75, 3.05) is 0 Å². The number of rotatable bonds is 2. The molecule has 0 aliphatic carbocycles. The minimum Gasteiger partial charge on any atom is -0.292 e. The van der Waals surface area contributed by atoms with Gasteiger partial charge < -0.3 is 0 Å². The predicted octanol–water partition coefficient (Wildman–Crippen LogP) is 7.76. The first-order chi connectivity index (χ1) is 14.8. The van der Waals surface area contributed by atoms with Gasteiger partial charge in [-0.25, -0.2) is 4.98 Å². The smallest absolute Gasteiger partial charge is 0.145 e. The molecule has 5 aromatic carbocycles. The number of hydrogen-bond donors (Lipinski definition) is 0. The highest BCUT2D eigenvalue weighted by atomic mass is 79.9. The van der Waals surface area contributed by atoms with Crippen LogP contribution in [0.25, 0.3) is 49.7 Å². The highest BCUT2D eigenvalue weighted by Crippen LogP contribution is 2.35. The van der Waals surface area contributed by atoms with Crippen molar-refractivity contribution < 1.29 is 0 Å². The summed E-state index contributed by atoms with van der Waals surface area (Å²) in [7, 11) is 0. The Labute approximate surface area is 182 Å². The van der Waals surface area contributed by atoms with E-state index in [1.165, 1.54) is 21.5 Å². The number of benzene rings is 5. The van der Waals surface area contributed by atoms with Crippen LogP contribution in [0.4, 0.5) is 0 Å². The van der Waals surface area contributed by atoms with E-state index in [2.05, 4.69) is 118 Å². The Morgan fingerprint density at radius 1 is 0.600 bits per heavy atom. The van der Waals surface area contributed by atoms with Crippen LogP contribution < -0.4 is 0 Å². The lowest BCUT2D eigenvalue weighted by molar-refractivity contribution is 1.10. The van der Waals surface area contributed by atoms with E-state index in [-0.39, 0.29) is 0 Å². The molecule has 6 rings (SSSR count). The third kappa shape index (κ3) is 2.66. The molecule has 0 aliphatic heterocycles. The quantitative estimate of drug-likeness (QED) is 0.247. The van der Waals surface area contributed by atoms with Gasteiger partial charge in [0.25, 0.3) is 0 Å². The molecule has 0 saturated carbocycles. The summed E-state index contributed by atoms with van der Waals surface area (Å²) in [5, 5.41) is 4.93. The van der Waals surface area contributed by atoms with Gasteiger partial charge in [-0.3, -0.25) is 4.57 Å². The van der Waals surface area contributed by atoms with Crippen LogP contribution in [0, 0.1) is 0 Å². The number of nitrogens with zero attached hydrogens (tertiary/aromatic N) is 2. The van der Waals surface area contributed by atoms with E-state index >= 15 is 0 Å². The molecule has 0 unspecified atom stereocenters. The molecule has 0 saturated heterocycles. The molecule has 142 valence electrons. The SMILES string of the molecule is Brc1ccc(-n2c(-c3ccccc3)nc3c4ccc5ccccc5c4ccc32)cc1. The summed E-state index contributed by atoms with van der Waals surface area (Å²) < 4.78 is 3.32. The van der Waals surface area contributed by atoms with Crippen LogP contribution in [-0.2, 0) is 0 Å². The first-order valence-electron chi connectivity index (χ1n) is 9.94. The molecule has 30 heavy (non-hydrogen) atoms. The molecular weight excluding hydrogens is 432 g/mol. The van der Waals surface area contributed by atoms with E-state index in [9.17, 15) is 0 Å². The summed E-state index contributed by atoms with van der Waals surface area (Å²) in [6.45, 7) is 0. The topological polar surface area (TPSA) is 17.8 Å². The number of halogens is 1. The Hall–Kier alpha value is -3.43. The Bertz CT molecular complexity index is 1530. The summed E-state index contributed by atoms with van der Waals surface area (Å²) in [4.78, 5) is 5.17. The van der Waals surface area contributed by atoms with Gasteiger partial charge in [-0.2, -0.15) is 0 Å². The van der Waals surface area contributed by atoms with Crippen molar-refractivity contribution in [1.82, 2.24) is 9.55 Å². The fraction of sp³-hybridized carbons (Fsp3) is 0. The van der Waals surface area contributed by atoms with Gasteiger partial charge in [0.2, 0.25) is 0 Å². The largest absolute Gasteiger partial charge is 0.292 e. The summed E-state index contributed by atoms with van der Waals surface area (Å²) in [5.74, 6) is 0.952. The van der Waals surface area contributed by atoms with Crippen molar-refractivity contribution in [1.29, 1.82) is 0 Å². The molecule has 2 nitrogen and oxygen atoms in total. The van der Waals surface area contributed by atoms with Crippen LogP contribution in [-0.4, -0.2) is 9.55 Å². The molecule has 0 amide bonds. The molecule has 1 heterocycles. The molecule has 0 fully saturated rings. The molecular formula is C27H17BrN2. The number of imidazole rings is 1. The minimum absolute atomic E-state index is 0.952. The molecule has 0 radical (unpaired) electrons. The Morgan fingerprint density at radius 2 is 1.33 bits per heavy atom. The standard InChI is InChI=1S/C27H17BrN2/c28-20-11-13-21(14-12-20)30-25-17-16-23-22-9-5-4-6-18(22)10-15-24(23)26(25)29-27(30)19-7-2-1-3-8-19/h1-17H. The summed E-state index contributed by atoms with van der Waals surface area (Å²) in [6, 6.07) is 36.2. The van der Waals surface area contributed by atoms with Crippen molar-refractivity contribution in [2.45, 2.75) is 0 Å². The lowest BCUT2D eigenvalue weighted by Crippen LogP contribution is -1.97. The van der Waals surface area contributed by atoms with Crippen LogP contribution in [0.2, 0.25) is 0 Å². The lowest BCUT2D eigenvalue weighted by Gasteiger charge is -2.10. The molecule has 0 atom stereocenters. The second kappa shape index (κ2) is 6.82. The van der Waals surface area contributed by atoms with Gasteiger partial charge in [0.15, 0.2) is 0 Å². The van der Waals surface area contributed by atoms with Crippen molar-refractivity contribution in [2.24, 2.45) is 0 Å². The Kier molecular flexibility index (Phi) is 3.96. The van der Waals surface area contributed by atoms with Crippen molar-refractivity contribution in [3.8, 4) is 17.1 Å². The first-order valence-corrected chi connectivity index (χ1v) is 10.7. The average Bonchev–Trinajstić information content (AvgIpc) is 3.20. The number of fused-ring (bicyclic) bond motifs is 5. The Balaban J connectivity index is 1.75. The normalized spacial score (nSPS) is 11.5. The monoisotopic (exact) mass is 448 g/mol. The number of aromatic nitrogens is 2. The fourth-order valence-electron chi connectivity index (χ4n) is 4.26. The second-order valence-electron chi connectivity index (χ2n) is 7.43. The Morgan fingerprint density at radius 3 is 2.17 bits per heavy atom. The maximum atomic E-state index is 5.17. The van der Waals surface area contributed by atoms with E-state index in [0.717, 1.165) is 32.6 Å². The van der Waals surface area contributed by atoms with Gasteiger partial charge in [-0.05, 0) is 46.5 Å². The maximum Gasteiger partial charge on any atom is 0.145 e. The maximum absolute atomic E-state index is 5.17. The molecule has 0 spiro atoms. The zero-order valence-electron chi connectivity index (χ0n) is 16.1. The van der Waals surface area contributed by atoms with Crippen molar-refractivity contribution >= 4 is 48.5 Å². The third-order valence-corrected chi connectivity index (χ3v) is 6.19. The van der Waals surface area contributed by atoms with E-state index in [0.29, 0.717) is 0 Å². The second-order valence-corrected chi connectivity index (χ2v) is 8.34.